The van der Waals surface area contributed by atoms with Gasteiger partial charge in [-0.25, -0.2) is 9.48 Å². The molecule has 2 amide bonds. The van der Waals surface area contributed by atoms with Gasteiger partial charge in [0.2, 0.25) is 0 Å². The first-order valence-electron chi connectivity index (χ1n) is 7.24. The van der Waals surface area contributed by atoms with Crippen LogP contribution >= 0.6 is 11.3 Å². The fourth-order valence-electron chi connectivity index (χ4n) is 2.20. The summed E-state index contributed by atoms with van der Waals surface area (Å²) in [6.45, 7) is 2.57. The van der Waals surface area contributed by atoms with Crippen LogP contribution in [-0.2, 0) is 6.54 Å². The molecule has 0 saturated heterocycles. The monoisotopic (exact) mass is 327 g/mol. The third kappa shape index (κ3) is 3.95. The van der Waals surface area contributed by atoms with Gasteiger partial charge in [-0.1, -0.05) is 6.07 Å². The Morgan fingerprint density at radius 3 is 2.83 bits per heavy atom. The molecule has 23 heavy (non-hydrogen) atoms. The predicted molar refractivity (Wildman–Crippen MR) is 90.5 cm³/mol. The van der Waals surface area contributed by atoms with Crippen LogP contribution in [0.2, 0.25) is 0 Å². The number of anilines is 1. The van der Waals surface area contributed by atoms with Crippen LogP contribution in [0.4, 0.5) is 10.6 Å². The minimum absolute atomic E-state index is 0.105. The van der Waals surface area contributed by atoms with Crippen molar-refractivity contribution in [1.29, 1.82) is 0 Å². The Balaban J connectivity index is 1.61. The molecule has 0 radical (unpaired) electrons. The lowest BCUT2D eigenvalue weighted by Gasteiger charge is -2.15. The van der Waals surface area contributed by atoms with Gasteiger partial charge in [-0.15, -0.1) is 11.3 Å². The predicted octanol–water partition coefficient (Wildman–Crippen LogP) is 3.27. The summed E-state index contributed by atoms with van der Waals surface area (Å²) in [5.41, 5.74) is 1.00. The van der Waals surface area contributed by atoms with Crippen molar-refractivity contribution in [3.05, 3.63) is 64.7 Å². The number of pyridine rings is 1. The smallest absolute Gasteiger partial charge is 0.320 e. The molecular formula is C16H17N5OS. The Hall–Kier alpha value is -2.67. The van der Waals surface area contributed by atoms with Crippen molar-refractivity contribution >= 4 is 23.2 Å². The summed E-state index contributed by atoms with van der Waals surface area (Å²) in [4.78, 5) is 17.3. The van der Waals surface area contributed by atoms with Crippen LogP contribution in [0.5, 0.6) is 0 Å². The van der Waals surface area contributed by atoms with Crippen molar-refractivity contribution < 1.29 is 4.79 Å². The molecule has 0 saturated carbocycles. The van der Waals surface area contributed by atoms with E-state index in [1.54, 1.807) is 40.7 Å². The van der Waals surface area contributed by atoms with Gasteiger partial charge in [0.25, 0.3) is 0 Å². The van der Waals surface area contributed by atoms with E-state index in [0.717, 1.165) is 5.56 Å². The van der Waals surface area contributed by atoms with E-state index in [1.807, 2.05) is 36.6 Å². The first kappa shape index (κ1) is 15.2. The molecule has 0 aliphatic heterocycles. The molecule has 0 aromatic carbocycles. The number of hydrogen-bond acceptors (Lipinski definition) is 4. The molecule has 6 nitrogen and oxygen atoms in total. The summed E-state index contributed by atoms with van der Waals surface area (Å²) >= 11 is 1.66. The molecule has 1 atom stereocenters. The lowest BCUT2D eigenvalue weighted by Crippen LogP contribution is -2.32. The summed E-state index contributed by atoms with van der Waals surface area (Å²) in [6.07, 6.45) is 5.10. The third-order valence-corrected chi connectivity index (χ3v) is 4.26. The van der Waals surface area contributed by atoms with Gasteiger partial charge in [0.1, 0.15) is 5.82 Å². The molecule has 3 aromatic rings. The molecule has 118 valence electrons. The SMILES string of the molecule is CC(NC(=O)Nc1ccnn1Cc1cccs1)c1ccncc1. The Morgan fingerprint density at radius 2 is 2.09 bits per heavy atom. The van der Waals surface area contributed by atoms with Gasteiger partial charge in [-0.3, -0.25) is 10.3 Å². The van der Waals surface area contributed by atoms with E-state index in [1.165, 1.54) is 4.88 Å². The van der Waals surface area contributed by atoms with Gasteiger partial charge in [-0.2, -0.15) is 5.10 Å². The van der Waals surface area contributed by atoms with Gasteiger partial charge in [0.05, 0.1) is 18.8 Å². The number of hydrogen-bond donors (Lipinski definition) is 2. The number of amides is 2. The number of nitrogens with zero attached hydrogens (tertiary/aromatic N) is 3. The van der Waals surface area contributed by atoms with Gasteiger partial charge >= 0.3 is 6.03 Å². The standard InChI is InChI=1S/C16H17N5OS/c1-12(13-4-7-17-8-5-13)19-16(22)20-15-6-9-18-21(15)11-14-3-2-10-23-14/h2-10,12H,11H2,1H3,(H2,19,20,22). The fourth-order valence-corrected chi connectivity index (χ4v) is 2.89. The number of nitrogens with one attached hydrogen (secondary N) is 2. The topological polar surface area (TPSA) is 71.8 Å². The summed E-state index contributed by atoms with van der Waals surface area (Å²) in [5.74, 6) is 0.665. The minimum Gasteiger partial charge on any atom is -0.331 e. The van der Waals surface area contributed by atoms with Crippen molar-refractivity contribution in [3.8, 4) is 0 Å². The highest BCUT2D eigenvalue weighted by Crippen LogP contribution is 2.15. The number of carbonyl (C=O) groups excluding carboxylic acids is 1. The van der Waals surface area contributed by atoms with Crippen LogP contribution in [-0.4, -0.2) is 20.8 Å². The molecule has 3 aromatic heterocycles. The number of aromatic nitrogens is 3. The van der Waals surface area contributed by atoms with Gasteiger partial charge in [0, 0.05) is 23.3 Å². The number of rotatable bonds is 5. The Labute approximate surface area is 138 Å². The fraction of sp³-hybridized carbons (Fsp3) is 0.188. The third-order valence-electron chi connectivity index (χ3n) is 3.40. The zero-order chi connectivity index (χ0) is 16.1. The Kier molecular flexibility index (Phi) is 4.68. The van der Waals surface area contributed by atoms with Crippen molar-refractivity contribution in [2.24, 2.45) is 0 Å². The largest absolute Gasteiger partial charge is 0.331 e. The highest BCUT2D eigenvalue weighted by Gasteiger charge is 2.11. The molecule has 7 heteroatoms. The van der Waals surface area contributed by atoms with Gasteiger partial charge < -0.3 is 5.32 Å². The average molecular weight is 327 g/mol. The van der Waals surface area contributed by atoms with E-state index in [-0.39, 0.29) is 12.1 Å². The van der Waals surface area contributed by atoms with Crippen molar-refractivity contribution in [3.63, 3.8) is 0 Å². The summed E-state index contributed by atoms with van der Waals surface area (Å²) in [7, 11) is 0. The second-order valence-corrected chi connectivity index (χ2v) is 6.09. The number of thiophene rings is 1. The van der Waals surface area contributed by atoms with E-state index in [9.17, 15) is 4.79 Å². The molecule has 1 unspecified atom stereocenters. The van der Waals surface area contributed by atoms with E-state index in [2.05, 4.69) is 20.7 Å². The molecule has 0 bridgehead atoms. The average Bonchev–Trinajstić information content (AvgIpc) is 3.21. The van der Waals surface area contributed by atoms with Crippen molar-refractivity contribution in [2.45, 2.75) is 19.5 Å². The second kappa shape index (κ2) is 7.06. The molecule has 0 aliphatic rings. The molecule has 3 rings (SSSR count). The first-order valence-corrected chi connectivity index (χ1v) is 8.12. The maximum atomic E-state index is 12.2. The molecule has 3 heterocycles. The molecular weight excluding hydrogens is 310 g/mol. The van der Waals surface area contributed by atoms with Crippen LogP contribution < -0.4 is 10.6 Å². The maximum absolute atomic E-state index is 12.2. The number of urea groups is 1. The lowest BCUT2D eigenvalue weighted by molar-refractivity contribution is 0.249. The first-order chi connectivity index (χ1) is 11.2. The van der Waals surface area contributed by atoms with E-state index >= 15 is 0 Å². The maximum Gasteiger partial charge on any atom is 0.320 e. The Bertz CT molecular complexity index is 754. The summed E-state index contributed by atoms with van der Waals surface area (Å²) in [6, 6.07) is 9.22. The summed E-state index contributed by atoms with van der Waals surface area (Å²) < 4.78 is 1.77. The van der Waals surface area contributed by atoms with Crippen molar-refractivity contribution in [2.75, 3.05) is 5.32 Å². The normalized spacial score (nSPS) is 11.9. The second-order valence-electron chi connectivity index (χ2n) is 5.05. The molecule has 0 aliphatic carbocycles. The lowest BCUT2D eigenvalue weighted by atomic mass is 10.1. The number of carbonyl (C=O) groups is 1. The molecule has 0 fully saturated rings. The van der Waals surface area contributed by atoms with Gasteiger partial charge in [-0.05, 0) is 36.1 Å². The van der Waals surface area contributed by atoms with Gasteiger partial charge in [0.15, 0.2) is 0 Å². The van der Waals surface area contributed by atoms with Crippen LogP contribution in [0, 0.1) is 0 Å². The van der Waals surface area contributed by atoms with E-state index < -0.39 is 0 Å². The zero-order valence-electron chi connectivity index (χ0n) is 12.6. The molecule has 2 N–H and O–H groups in total. The van der Waals surface area contributed by atoms with Crippen LogP contribution in [0.15, 0.2) is 54.3 Å². The highest BCUT2D eigenvalue weighted by molar-refractivity contribution is 7.09. The molecule has 0 spiro atoms. The quantitative estimate of drug-likeness (QED) is 0.755. The van der Waals surface area contributed by atoms with Crippen molar-refractivity contribution in [1.82, 2.24) is 20.1 Å². The summed E-state index contributed by atoms with van der Waals surface area (Å²) in [5, 5.41) is 12.0. The van der Waals surface area contributed by atoms with E-state index in [0.29, 0.717) is 12.4 Å². The highest BCUT2D eigenvalue weighted by atomic mass is 32.1. The minimum atomic E-state index is -0.262. The van der Waals surface area contributed by atoms with Crippen LogP contribution in [0.3, 0.4) is 0 Å². The van der Waals surface area contributed by atoms with E-state index in [4.69, 9.17) is 0 Å². The zero-order valence-corrected chi connectivity index (χ0v) is 13.5. The Morgan fingerprint density at radius 1 is 1.26 bits per heavy atom. The van der Waals surface area contributed by atoms with Crippen LogP contribution in [0.1, 0.15) is 23.4 Å². The van der Waals surface area contributed by atoms with Crippen LogP contribution in [0.25, 0.3) is 0 Å².